The number of carbonyl (C=O) groups is 3. The second-order valence-corrected chi connectivity index (χ2v) is 10.7. The Labute approximate surface area is 182 Å². The van der Waals surface area contributed by atoms with Gasteiger partial charge in [0, 0.05) is 24.2 Å². The third kappa shape index (κ3) is 2.50. The van der Waals surface area contributed by atoms with Crippen LogP contribution in [0, 0.1) is 28.6 Å². The van der Waals surface area contributed by atoms with Gasteiger partial charge in [-0.15, -0.1) is 0 Å². The van der Waals surface area contributed by atoms with Crippen LogP contribution >= 0.6 is 0 Å². The zero-order valence-electron chi connectivity index (χ0n) is 17.5. The molecule has 7 nitrogen and oxygen atoms in total. The van der Waals surface area contributed by atoms with E-state index in [0.717, 1.165) is 5.57 Å². The number of carboxylic acid groups (broad SMARTS) is 2. The van der Waals surface area contributed by atoms with Crippen LogP contribution in [0.4, 0.5) is 0 Å². The van der Waals surface area contributed by atoms with Crippen molar-refractivity contribution in [3.63, 3.8) is 0 Å². The molecule has 4 aliphatic carbocycles. The molecule has 0 aromatic carbocycles. The van der Waals surface area contributed by atoms with Crippen molar-refractivity contribution in [1.29, 1.82) is 0 Å². The second kappa shape index (κ2) is 6.64. The van der Waals surface area contributed by atoms with E-state index in [1.807, 2.05) is 6.92 Å². The van der Waals surface area contributed by atoms with E-state index in [2.05, 4.69) is 6.92 Å². The maximum atomic E-state index is 12.4. The first-order valence-electron chi connectivity index (χ1n) is 11.1. The van der Waals surface area contributed by atoms with Crippen LogP contribution in [0.15, 0.2) is 11.6 Å². The van der Waals surface area contributed by atoms with Gasteiger partial charge >= 0.3 is 11.9 Å². The molecule has 3 saturated carbocycles. The second-order valence-electron chi connectivity index (χ2n) is 10.7. The first-order valence-corrected chi connectivity index (χ1v) is 11.1. The minimum absolute atomic E-state index is 0. The van der Waals surface area contributed by atoms with Crippen molar-refractivity contribution in [2.75, 3.05) is 0 Å². The molecule has 2 unspecified atom stereocenters. The zero-order valence-corrected chi connectivity index (χ0v) is 17.5. The highest BCUT2D eigenvalue weighted by molar-refractivity contribution is 5.93. The standard InChI is InChI=1S/C23H30O7.CH4/c1-20-7-8-23-18(15(20)3-5-22(20,29)6-4-17(25)26)14(19(27)28)10-12-9-13(24)11-16(30-23)21(12,23)2;/h9,14-16,18,29H,3-8,10-11H2,1-2H3,(H,25,26)(H,27,28);1H4/t14?,15-,16?,18-,20-,21+,22-,23+;/m0./s1. The summed E-state index contributed by atoms with van der Waals surface area (Å²) in [5, 5.41) is 30.8. The quantitative estimate of drug-likeness (QED) is 0.621. The number of aliphatic carboxylic acids is 2. The molecular formula is C24H34O7. The van der Waals surface area contributed by atoms with Gasteiger partial charge in [-0.3, -0.25) is 14.4 Å². The number of hydrogen-bond acceptors (Lipinski definition) is 5. The van der Waals surface area contributed by atoms with Gasteiger partial charge in [-0.1, -0.05) is 26.8 Å². The van der Waals surface area contributed by atoms with E-state index in [-0.39, 0.29) is 49.4 Å². The minimum Gasteiger partial charge on any atom is -0.481 e. The monoisotopic (exact) mass is 434 g/mol. The summed E-state index contributed by atoms with van der Waals surface area (Å²) in [7, 11) is 0. The Morgan fingerprint density at radius 1 is 1.16 bits per heavy atom. The largest absolute Gasteiger partial charge is 0.481 e. The van der Waals surface area contributed by atoms with Crippen molar-refractivity contribution in [3.05, 3.63) is 11.6 Å². The summed E-state index contributed by atoms with van der Waals surface area (Å²) in [6, 6.07) is 0. The molecule has 1 heterocycles. The predicted octanol–water partition coefficient (Wildman–Crippen LogP) is 3.19. The fraction of sp³-hybridized carbons (Fsp3) is 0.792. The third-order valence-corrected chi connectivity index (χ3v) is 9.95. The number of aliphatic hydroxyl groups is 1. The first-order chi connectivity index (χ1) is 14.0. The summed E-state index contributed by atoms with van der Waals surface area (Å²) in [5.41, 5.74) is -1.68. The van der Waals surface area contributed by atoms with Crippen molar-refractivity contribution in [2.45, 2.75) is 89.9 Å². The lowest BCUT2D eigenvalue weighted by Gasteiger charge is -2.74. The number of carboxylic acids is 2. The fourth-order valence-electron chi connectivity index (χ4n) is 8.24. The molecular weight excluding hydrogens is 400 g/mol. The lowest BCUT2D eigenvalue weighted by atomic mass is 9.38. The highest BCUT2D eigenvalue weighted by atomic mass is 16.5. The van der Waals surface area contributed by atoms with Crippen LogP contribution in [0.5, 0.6) is 0 Å². The SMILES string of the molecule is C.C[C@]12CC[C@@]34OC5CC(=O)C=C(CC(C(=O)O)[C@H]3[C@@H]1CC[C@]2(O)CCC(=O)O)[C@]54C. The molecule has 8 atom stereocenters. The average Bonchev–Trinajstić information content (AvgIpc) is 2.93. The Kier molecular flexibility index (Phi) is 4.81. The van der Waals surface area contributed by atoms with Crippen LogP contribution in [-0.4, -0.2) is 50.3 Å². The van der Waals surface area contributed by atoms with Gasteiger partial charge in [0.15, 0.2) is 5.78 Å². The Morgan fingerprint density at radius 3 is 2.52 bits per heavy atom. The molecule has 172 valence electrons. The van der Waals surface area contributed by atoms with E-state index < -0.39 is 34.5 Å². The molecule has 3 N–H and O–H groups in total. The number of ketones is 1. The summed E-state index contributed by atoms with van der Waals surface area (Å²) < 4.78 is 6.48. The summed E-state index contributed by atoms with van der Waals surface area (Å²) in [6.07, 6.45) is 4.71. The van der Waals surface area contributed by atoms with Gasteiger partial charge in [0.05, 0.1) is 23.2 Å². The molecule has 1 saturated heterocycles. The van der Waals surface area contributed by atoms with Gasteiger partial charge in [-0.05, 0) is 55.9 Å². The van der Waals surface area contributed by atoms with Gasteiger partial charge in [-0.2, -0.15) is 0 Å². The lowest BCUT2D eigenvalue weighted by molar-refractivity contribution is -0.366. The van der Waals surface area contributed by atoms with Gasteiger partial charge in [0.1, 0.15) is 0 Å². The van der Waals surface area contributed by atoms with Crippen LogP contribution < -0.4 is 0 Å². The van der Waals surface area contributed by atoms with Crippen molar-refractivity contribution in [2.24, 2.45) is 28.6 Å². The number of hydrogen-bond donors (Lipinski definition) is 3. The average molecular weight is 435 g/mol. The Bertz CT molecular complexity index is 879. The third-order valence-electron chi connectivity index (χ3n) is 9.95. The molecule has 7 heteroatoms. The molecule has 5 aliphatic rings. The molecule has 5 rings (SSSR count). The number of fused-ring (bicyclic) bond motifs is 2. The van der Waals surface area contributed by atoms with Crippen molar-refractivity contribution in [3.8, 4) is 0 Å². The van der Waals surface area contributed by atoms with Gasteiger partial charge in [0.2, 0.25) is 0 Å². The molecule has 0 amide bonds. The van der Waals surface area contributed by atoms with E-state index in [1.54, 1.807) is 6.08 Å². The van der Waals surface area contributed by atoms with E-state index in [0.29, 0.717) is 38.5 Å². The predicted molar refractivity (Wildman–Crippen MR) is 111 cm³/mol. The highest BCUT2D eigenvalue weighted by Gasteiger charge is 2.79. The lowest BCUT2D eigenvalue weighted by Crippen LogP contribution is -2.79. The smallest absolute Gasteiger partial charge is 0.307 e. The molecule has 0 aromatic heterocycles. The maximum absolute atomic E-state index is 12.4. The van der Waals surface area contributed by atoms with E-state index in [9.17, 15) is 24.6 Å². The number of ether oxygens (including phenoxy) is 1. The van der Waals surface area contributed by atoms with E-state index >= 15 is 0 Å². The Balaban J connectivity index is 0.00000231. The summed E-state index contributed by atoms with van der Waals surface area (Å²) in [5.74, 6) is -2.76. The van der Waals surface area contributed by atoms with Gasteiger partial charge in [0.25, 0.3) is 0 Å². The van der Waals surface area contributed by atoms with Crippen molar-refractivity contribution in [1.82, 2.24) is 0 Å². The molecule has 0 bridgehead atoms. The van der Waals surface area contributed by atoms with Crippen LogP contribution in [0.2, 0.25) is 0 Å². The van der Waals surface area contributed by atoms with Crippen LogP contribution in [0.1, 0.15) is 72.6 Å². The summed E-state index contributed by atoms with van der Waals surface area (Å²) in [6.45, 7) is 4.16. The molecule has 1 aliphatic heterocycles. The number of carbonyl (C=O) groups excluding carboxylic acids is 1. The fourth-order valence-corrected chi connectivity index (χ4v) is 8.24. The van der Waals surface area contributed by atoms with E-state index in [1.165, 1.54) is 0 Å². The van der Waals surface area contributed by atoms with Crippen LogP contribution in [0.25, 0.3) is 0 Å². The molecule has 1 spiro atoms. The van der Waals surface area contributed by atoms with Gasteiger partial charge < -0.3 is 20.1 Å². The molecule has 0 radical (unpaired) electrons. The minimum atomic E-state index is -1.11. The number of rotatable bonds is 4. The zero-order chi connectivity index (χ0) is 21.7. The molecule has 4 fully saturated rings. The van der Waals surface area contributed by atoms with Crippen molar-refractivity contribution < 1.29 is 34.4 Å². The highest BCUT2D eigenvalue weighted by Crippen LogP contribution is 2.75. The summed E-state index contributed by atoms with van der Waals surface area (Å²) in [4.78, 5) is 35.8. The summed E-state index contributed by atoms with van der Waals surface area (Å²) >= 11 is 0. The topological polar surface area (TPSA) is 121 Å². The Morgan fingerprint density at radius 2 is 1.87 bits per heavy atom. The van der Waals surface area contributed by atoms with Crippen LogP contribution in [0.3, 0.4) is 0 Å². The van der Waals surface area contributed by atoms with Crippen molar-refractivity contribution >= 4 is 17.7 Å². The van der Waals surface area contributed by atoms with E-state index in [4.69, 9.17) is 9.84 Å². The maximum Gasteiger partial charge on any atom is 0.307 e. The normalized spacial score (nSPS) is 49.5. The molecule has 31 heavy (non-hydrogen) atoms. The van der Waals surface area contributed by atoms with Gasteiger partial charge in [-0.25, -0.2) is 0 Å². The van der Waals surface area contributed by atoms with Crippen LogP contribution in [-0.2, 0) is 19.1 Å². The Hall–Kier alpha value is -1.73. The first kappa shape index (κ1) is 22.5. The molecule has 0 aromatic rings.